The number of fused-ring (bicyclic) bond motifs is 2. The van der Waals surface area contributed by atoms with Gasteiger partial charge in [-0.3, -0.25) is 9.59 Å². The van der Waals surface area contributed by atoms with Crippen LogP contribution in [0.2, 0.25) is 0 Å². The van der Waals surface area contributed by atoms with E-state index < -0.39 is 27.8 Å². The van der Waals surface area contributed by atoms with Gasteiger partial charge in [-0.05, 0) is 62.1 Å². The van der Waals surface area contributed by atoms with Crippen molar-refractivity contribution >= 4 is 21.9 Å². The molecule has 1 heterocycles. The zero-order valence-electron chi connectivity index (χ0n) is 16.9. The summed E-state index contributed by atoms with van der Waals surface area (Å²) in [5.74, 6) is -1.74. The molecule has 2 aliphatic carbocycles. The van der Waals surface area contributed by atoms with Crippen LogP contribution >= 0.6 is 0 Å². The van der Waals surface area contributed by atoms with E-state index in [1.54, 1.807) is 17.9 Å². The topological polar surface area (TPSA) is 95.0 Å². The summed E-state index contributed by atoms with van der Waals surface area (Å²) < 4.78 is 27.6. The number of carbonyl (C=O) groups is 2. The molecule has 0 unspecified atom stereocenters. The summed E-state index contributed by atoms with van der Waals surface area (Å²) >= 11 is 0. The maximum Gasteiger partial charge on any atom is 0.307 e. The summed E-state index contributed by atoms with van der Waals surface area (Å²) in [7, 11) is -3.61. The molecule has 0 spiro atoms. The molecule has 1 aromatic carbocycles. The zero-order valence-corrected chi connectivity index (χ0v) is 17.7. The van der Waals surface area contributed by atoms with Crippen LogP contribution in [0.25, 0.3) is 0 Å². The molecule has 8 heteroatoms. The molecule has 1 saturated heterocycles. The number of aliphatic carboxylic acids is 1. The fourth-order valence-electron chi connectivity index (χ4n) is 5.49. The Labute approximate surface area is 171 Å². The molecular weight excluding hydrogens is 392 g/mol. The van der Waals surface area contributed by atoms with Crippen molar-refractivity contribution in [3.63, 3.8) is 0 Å². The summed E-state index contributed by atoms with van der Waals surface area (Å²) in [6, 6.07) is 5.39. The van der Waals surface area contributed by atoms with Gasteiger partial charge in [-0.2, -0.15) is 4.31 Å². The molecule has 4 rings (SSSR count). The lowest BCUT2D eigenvalue weighted by atomic mass is 9.78. The maximum absolute atomic E-state index is 13.1. The molecule has 0 aromatic heterocycles. The first-order valence-corrected chi connectivity index (χ1v) is 11.7. The lowest BCUT2D eigenvalue weighted by molar-refractivity contribution is -0.153. The van der Waals surface area contributed by atoms with Crippen LogP contribution in [0.4, 0.5) is 0 Å². The summed E-state index contributed by atoms with van der Waals surface area (Å²) in [5, 5.41) is 9.62. The van der Waals surface area contributed by atoms with E-state index >= 15 is 0 Å². The van der Waals surface area contributed by atoms with Gasteiger partial charge in [0.25, 0.3) is 0 Å². The highest BCUT2D eigenvalue weighted by molar-refractivity contribution is 7.89. The number of hydrogen-bond donors (Lipinski definition) is 1. The van der Waals surface area contributed by atoms with Crippen molar-refractivity contribution in [3.8, 4) is 0 Å². The number of piperazine rings is 1. The van der Waals surface area contributed by atoms with Gasteiger partial charge in [0.05, 0.1) is 16.7 Å². The van der Waals surface area contributed by atoms with E-state index in [1.165, 1.54) is 4.31 Å². The number of carboxylic acid groups (broad SMARTS) is 1. The summed E-state index contributed by atoms with van der Waals surface area (Å²) in [6.07, 6.45) is 2.65. The molecule has 2 saturated carbocycles. The van der Waals surface area contributed by atoms with Crippen LogP contribution in [-0.2, 0) is 19.6 Å². The molecule has 7 nitrogen and oxygen atoms in total. The molecule has 3 aliphatic rings. The van der Waals surface area contributed by atoms with Crippen LogP contribution < -0.4 is 0 Å². The average Bonchev–Trinajstić information content (AvgIpc) is 3.31. The zero-order chi connectivity index (χ0) is 20.9. The predicted octanol–water partition coefficient (Wildman–Crippen LogP) is 1.88. The van der Waals surface area contributed by atoms with Gasteiger partial charge in [0.1, 0.15) is 0 Å². The quantitative estimate of drug-likeness (QED) is 0.803. The fourth-order valence-corrected chi connectivity index (χ4v) is 7.22. The molecule has 1 aliphatic heterocycles. The number of carbonyl (C=O) groups excluding carboxylic acids is 1. The highest BCUT2D eigenvalue weighted by Crippen LogP contribution is 2.53. The molecular formula is C21H28N2O5S. The summed E-state index contributed by atoms with van der Waals surface area (Å²) in [5.41, 5.74) is 1.60. The number of nitrogens with zero attached hydrogens (tertiary/aromatic N) is 2. The third-order valence-corrected chi connectivity index (χ3v) is 9.04. The fraction of sp³-hybridized carbons (Fsp3) is 0.619. The number of carboxylic acids is 1. The van der Waals surface area contributed by atoms with Crippen LogP contribution in [0.3, 0.4) is 0 Å². The van der Waals surface area contributed by atoms with E-state index in [0.717, 1.165) is 24.8 Å². The SMILES string of the molecule is Cc1ccc(C)c(S(=O)(=O)N2CCN(C(=O)[C@H]3[C@@H]4CC[C@H](C4)[C@@H]3C(=O)O)CC2)c1. The average molecular weight is 421 g/mol. The predicted molar refractivity (Wildman–Crippen MR) is 107 cm³/mol. The highest BCUT2D eigenvalue weighted by atomic mass is 32.2. The Morgan fingerprint density at radius 1 is 1.00 bits per heavy atom. The van der Waals surface area contributed by atoms with E-state index in [2.05, 4.69) is 0 Å². The van der Waals surface area contributed by atoms with Gasteiger partial charge < -0.3 is 10.0 Å². The van der Waals surface area contributed by atoms with E-state index in [-0.39, 0.29) is 30.8 Å². The second-order valence-corrected chi connectivity index (χ2v) is 10.6. The molecule has 4 atom stereocenters. The Balaban J connectivity index is 1.46. The minimum Gasteiger partial charge on any atom is -0.481 e. The summed E-state index contributed by atoms with van der Waals surface area (Å²) in [6.45, 7) is 4.74. The molecule has 3 fully saturated rings. The van der Waals surface area contributed by atoms with Crippen LogP contribution in [0.5, 0.6) is 0 Å². The standard InChI is InChI=1S/C21H28N2O5S/c1-13-3-4-14(2)17(11-13)29(27,28)23-9-7-22(8-10-23)20(24)18-15-5-6-16(12-15)19(18)21(25)26/h3-4,11,15-16,18-19H,5-10,12H2,1-2H3,(H,25,26)/t15-,16-,18+,19+/m1/s1. The van der Waals surface area contributed by atoms with Crippen molar-refractivity contribution in [2.75, 3.05) is 26.2 Å². The van der Waals surface area contributed by atoms with Crippen LogP contribution in [-0.4, -0.2) is 60.8 Å². The number of sulfonamides is 1. The number of benzene rings is 1. The van der Waals surface area contributed by atoms with Gasteiger partial charge in [-0.25, -0.2) is 8.42 Å². The molecule has 2 bridgehead atoms. The number of aryl methyl sites for hydroxylation is 2. The Hall–Kier alpha value is -1.93. The van der Waals surface area contributed by atoms with Crippen molar-refractivity contribution in [1.82, 2.24) is 9.21 Å². The monoisotopic (exact) mass is 420 g/mol. The lowest BCUT2D eigenvalue weighted by Gasteiger charge is -2.38. The van der Waals surface area contributed by atoms with Gasteiger partial charge in [0.2, 0.25) is 15.9 Å². The highest BCUT2D eigenvalue weighted by Gasteiger charge is 2.55. The van der Waals surface area contributed by atoms with Gasteiger partial charge in [-0.1, -0.05) is 12.1 Å². The van der Waals surface area contributed by atoms with Crippen molar-refractivity contribution < 1.29 is 23.1 Å². The van der Waals surface area contributed by atoms with Crippen molar-refractivity contribution in [3.05, 3.63) is 29.3 Å². The second kappa shape index (κ2) is 7.40. The third-order valence-electron chi connectivity index (χ3n) is 7.00. The van der Waals surface area contributed by atoms with Crippen LogP contribution in [0, 0.1) is 37.5 Å². The first kappa shape index (κ1) is 20.3. The minimum absolute atomic E-state index is 0.103. The van der Waals surface area contributed by atoms with Crippen LogP contribution in [0.15, 0.2) is 23.1 Å². The number of rotatable bonds is 4. The molecule has 1 N–H and O–H groups in total. The van der Waals surface area contributed by atoms with Crippen molar-refractivity contribution in [2.24, 2.45) is 23.7 Å². The molecule has 0 radical (unpaired) electrons. The first-order chi connectivity index (χ1) is 13.7. The second-order valence-electron chi connectivity index (χ2n) is 8.72. The van der Waals surface area contributed by atoms with E-state index in [1.807, 2.05) is 19.1 Å². The number of amides is 1. The Bertz CT molecular complexity index is 936. The normalized spacial score (nSPS) is 29.9. The van der Waals surface area contributed by atoms with E-state index in [9.17, 15) is 23.1 Å². The molecule has 158 valence electrons. The Morgan fingerprint density at radius 3 is 2.24 bits per heavy atom. The van der Waals surface area contributed by atoms with Crippen molar-refractivity contribution in [1.29, 1.82) is 0 Å². The number of hydrogen-bond acceptors (Lipinski definition) is 4. The Kier molecular flexibility index (Phi) is 5.19. The molecule has 1 amide bonds. The van der Waals surface area contributed by atoms with E-state index in [0.29, 0.717) is 23.5 Å². The maximum atomic E-state index is 13.1. The van der Waals surface area contributed by atoms with Crippen LogP contribution in [0.1, 0.15) is 30.4 Å². The molecule has 1 aromatic rings. The largest absolute Gasteiger partial charge is 0.481 e. The molecule has 29 heavy (non-hydrogen) atoms. The van der Waals surface area contributed by atoms with E-state index in [4.69, 9.17) is 0 Å². The lowest BCUT2D eigenvalue weighted by Crippen LogP contribution is -2.53. The Morgan fingerprint density at radius 2 is 1.62 bits per heavy atom. The van der Waals surface area contributed by atoms with Gasteiger partial charge in [0.15, 0.2) is 0 Å². The van der Waals surface area contributed by atoms with Gasteiger partial charge in [0, 0.05) is 26.2 Å². The van der Waals surface area contributed by atoms with Crippen molar-refractivity contribution in [2.45, 2.75) is 38.0 Å². The third kappa shape index (κ3) is 3.46. The van der Waals surface area contributed by atoms with Gasteiger partial charge >= 0.3 is 5.97 Å². The first-order valence-electron chi connectivity index (χ1n) is 10.3. The summed E-state index contributed by atoms with van der Waals surface area (Å²) in [4.78, 5) is 26.8. The smallest absolute Gasteiger partial charge is 0.307 e. The van der Waals surface area contributed by atoms with Gasteiger partial charge in [-0.15, -0.1) is 0 Å². The minimum atomic E-state index is -3.61.